The summed E-state index contributed by atoms with van der Waals surface area (Å²) in [6, 6.07) is 1.52. The summed E-state index contributed by atoms with van der Waals surface area (Å²) in [5, 5.41) is 2.98. The number of H-pyrrole nitrogens is 1. The van der Waals surface area contributed by atoms with Gasteiger partial charge in [-0.3, -0.25) is 4.79 Å². The van der Waals surface area contributed by atoms with Crippen LogP contribution in [0.4, 0.5) is 0 Å². The van der Waals surface area contributed by atoms with E-state index >= 15 is 0 Å². The van der Waals surface area contributed by atoms with Crippen molar-refractivity contribution in [2.75, 3.05) is 27.7 Å². The first-order chi connectivity index (χ1) is 7.11. The van der Waals surface area contributed by atoms with Crippen molar-refractivity contribution in [3.8, 4) is 0 Å². The third-order valence-electron chi connectivity index (χ3n) is 2.00. The lowest BCUT2D eigenvalue weighted by Gasteiger charge is -2.09. The summed E-state index contributed by atoms with van der Waals surface area (Å²) in [6.45, 7) is 1.50. The molecule has 5 heteroatoms. The Morgan fingerprint density at radius 2 is 2.27 bits per heavy atom. The lowest BCUT2D eigenvalue weighted by molar-refractivity contribution is 0.409. The molecule has 0 atom stereocenters. The Hall–Kier alpha value is -1.20. The lowest BCUT2D eigenvalue weighted by atomic mass is 10.3. The van der Waals surface area contributed by atoms with E-state index in [0.717, 1.165) is 24.5 Å². The van der Waals surface area contributed by atoms with Crippen LogP contribution in [-0.2, 0) is 13.0 Å². The van der Waals surface area contributed by atoms with Gasteiger partial charge in [-0.25, -0.2) is 4.98 Å². The molecule has 0 saturated heterocycles. The average Bonchev–Trinajstić information content (AvgIpc) is 2.14. The van der Waals surface area contributed by atoms with Gasteiger partial charge in [-0.15, -0.1) is 0 Å². The van der Waals surface area contributed by atoms with E-state index in [2.05, 4.69) is 20.2 Å². The van der Waals surface area contributed by atoms with Crippen LogP contribution < -0.4 is 10.9 Å². The van der Waals surface area contributed by atoms with E-state index in [-0.39, 0.29) is 5.56 Å². The highest BCUT2D eigenvalue weighted by molar-refractivity contribution is 5.02. The first-order valence-electron chi connectivity index (χ1n) is 5.00. The van der Waals surface area contributed by atoms with Crippen LogP contribution in [0.3, 0.4) is 0 Å². The van der Waals surface area contributed by atoms with E-state index in [1.165, 1.54) is 6.07 Å². The SMILES string of the molecule is CNCc1cc(=O)[nH]c(CCN(C)C)n1. The maximum Gasteiger partial charge on any atom is 0.251 e. The molecule has 0 fully saturated rings. The van der Waals surface area contributed by atoms with Crippen molar-refractivity contribution in [3.63, 3.8) is 0 Å². The highest BCUT2D eigenvalue weighted by atomic mass is 16.1. The molecule has 1 rings (SSSR count). The second-order valence-corrected chi connectivity index (χ2v) is 3.77. The van der Waals surface area contributed by atoms with Gasteiger partial charge in [-0.2, -0.15) is 0 Å². The lowest BCUT2D eigenvalue weighted by Crippen LogP contribution is -2.21. The summed E-state index contributed by atoms with van der Waals surface area (Å²) in [7, 11) is 5.83. The van der Waals surface area contributed by atoms with Gasteiger partial charge in [0.25, 0.3) is 5.56 Å². The van der Waals surface area contributed by atoms with Crippen LogP contribution in [0.15, 0.2) is 10.9 Å². The van der Waals surface area contributed by atoms with Crippen molar-refractivity contribution >= 4 is 0 Å². The Labute approximate surface area is 89.5 Å². The standard InChI is InChI=1S/C10H18N4O/c1-11-7-8-6-10(15)13-9(12-8)4-5-14(2)3/h6,11H,4-5,7H2,1-3H3,(H,12,13,15). The van der Waals surface area contributed by atoms with Gasteiger partial charge >= 0.3 is 0 Å². The van der Waals surface area contributed by atoms with Crippen LogP contribution in [0.2, 0.25) is 0 Å². The van der Waals surface area contributed by atoms with E-state index in [1.807, 2.05) is 21.1 Å². The number of aromatic nitrogens is 2. The van der Waals surface area contributed by atoms with Gasteiger partial charge in [-0.1, -0.05) is 0 Å². The predicted molar refractivity (Wildman–Crippen MR) is 59.9 cm³/mol. The molecule has 0 bridgehead atoms. The highest BCUT2D eigenvalue weighted by Gasteiger charge is 2.01. The predicted octanol–water partition coefficient (Wildman–Crippen LogP) is -0.407. The molecule has 15 heavy (non-hydrogen) atoms. The Bertz CT molecular complexity index is 359. The minimum Gasteiger partial charge on any atom is -0.314 e. The molecule has 1 aromatic rings. The number of hydrogen-bond donors (Lipinski definition) is 2. The smallest absolute Gasteiger partial charge is 0.251 e. The fourth-order valence-corrected chi connectivity index (χ4v) is 1.28. The Morgan fingerprint density at radius 1 is 1.53 bits per heavy atom. The largest absolute Gasteiger partial charge is 0.314 e. The van der Waals surface area contributed by atoms with Crippen LogP contribution in [0.5, 0.6) is 0 Å². The molecule has 0 aliphatic rings. The molecule has 0 saturated carbocycles. The number of likely N-dealkylation sites (N-methyl/N-ethyl adjacent to an activating group) is 1. The zero-order valence-electron chi connectivity index (χ0n) is 9.50. The van der Waals surface area contributed by atoms with Crippen molar-refractivity contribution in [3.05, 3.63) is 27.9 Å². The van der Waals surface area contributed by atoms with Gasteiger partial charge < -0.3 is 15.2 Å². The summed E-state index contributed by atoms with van der Waals surface area (Å²) < 4.78 is 0. The fourth-order valence-electron chi connectivity index (χ4n) is 1.28. The molecule has 0 amide bonds. The molecule has 0 aliphatic carbocycles. The maximum atomic E-state index is 11.3. The van der Waals surface area contributed by atoms with E-state index < -0.39 is 0 Å². The van der Waals surface area contributed by atoms with Gasteiger partial charge in [0.15, 0.2) is 0 Å². The van der Waals surface area contributed by atoms with Crippen molar-refractivity contribution < 1.29 is 0 Å². The molecule has 0 unspecified atom stereocenters. The minimum atomic E-state index is -0.0796. The number of nitrogens with zero attached hydrogens (tertiary/aromatic N) is 2. The summed E-state index contributed by atoms with van der Waals surface area (Å²) in [5.74, 6) is 0.751. The van der Waals surface area contributed by atoms with Gasteiger partial charge in [0.1, 0.15) is 5.82 Å². The first kappa shape index (κ1) is 11.9. The Morgan fingerprint density at radius 3 is 2.87 bits per heavy atom. The van der Waals surface area contributed by atoms with Crippen molar-refractivity contribution in [2.24, 2.45) is 0 Å². The zero-order chi connectivity index (χ0) is 11.3. The highest BCUT2D eigenvalue weighted by Crippen LogP contribution is 1.93. The molecule has 0 aliphatic heterocycles. The summed E-state index contributed by atoms with van der Waals surface area (Å²) in [6.07, 6.45) is 0.764. The molecule has 84 valence electrons. The number of aromatic amines is 1. The van der Waals surface area contributed by atoms with Crippen LogP contribution in [0, 0.1) is 0 Å². The molecular formula is C10H18N4O. The van der Waals surface area contributed by atoms with Crippen LogP contribution in [0.25, 0.3) is 0 Å². The van der Waals surface area contributed by atoms with Crippen LogP contribution >= 0.6 is 0 Å². The molecule has 1 heterocycles. The van der Waals surface area contributed by atoms with Crippen LogP contribution in [0.1, 0.15) is 11.5 Å². The molecule has 1 aromatic heterocycles. The van der Waals surface area contributed by atoms with Gasteiger partial charge in [0.2, 0.25) is 0 Å². The normalized spacial score (nSPS) is 10.9. The third-order valence-corrected chi connectivity index (χ3v) is 2.00. The van der Waals surface area contributed by atoms with Crippen LogP contribution in [-0.4, -0.2) is 42.6 Å². The minimum absolute atomic E-state index is 0.0796. The summed E-state index contributed by atoms with van der Waals surface area (Å²) in [5.41, 5.74) is 0.707. The topological polar surface area (TPSA) is 61.0 Å². The zero-order valence-corrected chi connectivity index (χ0v) is 9.50. The third kappa shape index (κ3) is 4.22. The van der Waals surface area contributed by atoms with E-state index in [4.69, 9.17) is 0 Å². The number of nitrogens with one attached hydrogen (secondary N) is 2. The van der Waals surface area contributed by atoms with Crippen molar-refractivity contribution in [1.29, 1.82) is 0 Å². The summed E-state index contributed by atoms with van der Waals surface area (Å²) >= 11 is 0. The first-order valence-corrected chi connectivity index (χ1v) is 5.00. The Kier molecular flexibility index (Phi) is 4.45. The molecule has 0 radical (unpaired) electrons. The molecular weight excluding hydrogens is 192 g/mol. The van der Waals surface area contributed by atoms with Gasteiger partial charge in [0, 0.05) is 25.6 Å². The molecule has 2 N–H and O–H groups in total. The molecule has 5 nitrogen and oxygen atoms in total. The maximum absolute atomic E-state index is 11.3. The van der Waals surface area contributed by atoms with Crippen molar-refractivity contribution in [1.82, 2.24) is 20.2 Å². The summed E-state index contributed by atoms with van der Waals surface area (Å²) in [4.78, 5) is 20.4. The van der Waals surface area contributed by atoms with E-state index in [9.17, 15) is 4.79 Å². The van der Waals surface area contributed by atoms with Crippen molar-refractivity contribution in [2.45, 2.75) is 13.0 Å². The molecule has 0 aromatic carbocycles. The van der Waals surface area contributed by atoms with Gasteiger partial charge in [-0.05, 0) is 21.1 Å². The second kappa shape index (κ2) is 5.63. The number of rotatable bonds is 5. The van der Waals surface area contributed by atoms with Gasteiger partial charge in [0.05, 0.1) is 5.69 Å². The van der Waals surface area contributed by atoms with E-state index in [1.54, 1.807) is 0 Å². The van der Waals surface area contributed by atoms with E-state index in [0.29, 0.717) is 6.54 Å². The fraction of sp³-hybridized carbons (Fsp3) is 0.600. The quantitative estimate of drug-likeness (QED) is 0.694. The Balaban J connectivity index is 2.75. The molecule has 0 spiro atoms. The second-order valence-electron chi connectivity index (χ2n) is 3.77. The number of hydrogen-bond acceptors (Lipinski definition) is 4. The monoisotopic (exact) mass is 210 g/mol. The average molecular weight is 210 g/mol.